The van der Waals surface area contributed by atoms with Crippen molar-refractivity contribution in [2.75, 3.05) is 0 Å². The molecule has 0 N–H and O–H groups in total. The van der Waals surface area contributed by atoms with Crippen LogP contribution in [0.2, 0.25) is 0 Å². The molecule has 4 rings (SSSR count). The van der Waals surface area contributed by atoms with E-state index >= 15 is 0 Å². The Balaban J connectivity index is 0.000000948. The molecule has 5 heteroatoms. The number of amides is 1. The van der Waals surface area contributed by atoms with E-state index in [1.807, 2.05) is 32.0 Å². The van der Waals surface area contributed by atoms with Crippen molar-refractivity contribution in [1.29, 1.82) is 0 Å². The maximum absolute atomic E-state index is 14.5. The third kappa shape index (κ3) is 3.47. The second-order valence-electron chi connectivity index (χ2n) is 5.71. The maximum Gasteiger partial charge on any atom is 0.256 e. The molecule has 1 aromatic carbocycles. The highest BCUT2D eigenvalue weighted by Crippen LogP contribution is 2.25. The molecule has 0 saturated carbocycles. The number of rotatable bonds is 3. The van der Waals surface area contributed by atoms with E-state index in [0.29, 0.717) is 17.7 Å². The summed E-state index contributed by atoms with van der Waals surface area (Å²) in [4.78, 5) is 22.2. The summed E-state index contributed by atoms with van der Waals surface area (Å²) in [5.74, 6) is -0.429. The molecule has 0 saturated heterocycles. The van der Waals surface area contributed by atoms with Gasteiger partial charge in [0.05, 0.1) is 17.8 Å². The Labute approximate surface area is 152 Å². The van der Waals surface area contributed by atoms with Crippen molar-refractivity contribution in [3.8, 4) is 11.1 Å². The number of carbonyl (C=O) groups excluding carboxylic acids is 1. The second kappa shape index (κ2) is 7.87. The monoisotopic (exact) mass is 349 g/mol. The molecule has 0 radical (unpaired) electrons. The molecule has 0 aliphatic carbocycles. The van der Waals surface area contributed by atoms with Gasteiger partial charge in [-0.15, -0.1) is 0 Å². The predicted octanol–water partition coefficient (Wildman–Crippen LogP) is 4.46. The predicted molar refractivity (Wildman–Crippen MR) is 98.8 cm³/mol. The number of carbonyl (C=O) groups is 1. The van der Waals surface area contributed by atoms with Gasteiger partial charge in [0.1, 0.15) is 5.82 Å². The molecule has 26 heavy (non-hydrogen) atoms. The van der Waals surface area contributed by atoms with Crippen molar-refractivity contribution in [2.45, 2.75) is 26.9 Å². The average molecular weight is 349 g/mol. The van der Waals surface area contributed by atoms with Crippen molar-refractivity contribution < 1.29 is 9.18 Å². The summed E-state index contributed by atoms with van der Waals surface area (Å²) in [5.41, 5.74) is 3.46. The zero-order valence-corrected chi connectivity index (χ0v) is 14.8. The van der Waals surface area contributed by atoms with Crippen molar-refractivity contribution in [2.24, 2.45) is 0 Å². The van der Waals surface area contributed by atoms with Crippen molar-refractivity contribution in [3.05, 3.63) is 83.7 Å². The van der Waals surface area contributed by atoms with Crippen molar-refractivity contribution in [3.63, 3.8) is 0 Å². The smallest absolute Gasteiger partial charge is 0.256 e. The molecule has 1 amide bonds. The Morgan fingerprint density at radius 3 is 2.58 bits per heavy atom. The van der Waals surface area contributed by atoms with Crippen molar-refractivity contribution >= 4 is 5.91 Å². The first-order valence-electron chi connectivity index (χ1n) is 8.64. The molecule has 1 aliphatic rings. The lowest BCUT2D eigenvalue weighted by molar-refractivity contribution is 0.0765. The average Bonchev–Trinajstić information content (AvgIpc) is 3.01. The fraction of sp³-hybridized carbons (Fsp3) is 0.190. The molecule has 0 bridgehead atoms. The van der Waals surface area contributed by atoms with Gasteiger partial charge in [0.2, 0.25) is 0 Å². The molecule has 2 aromatic heterocycles. The fourth-order valence-corrected chi connectivity index (χ4v) is 2.90. The van der Waals surface area contributed by atoms with Gasteiger partial charge in [0.25, 0.3) is 5.91 Å². The molecular weight excluding hydrogens is 329 g/mol. The number of aromatic nitrogens is 2. The minimum absolute atomic E-state index is 0.103. The number of nitrogens with zero attached hydrogens (tertiary/aromatic N) is 3. The number of fused-ring (bicyclic) bond motifs is 1. The van der Waals surface area contributed by atoms with Crippen molar-refractivity contribution in [1.82, 2.24) is 14.9 Å². The Morgan fingerprint density at radius 1 is 1.08 bits per heavy atom. The van der Waals surface area contributed by atoms with Gasteiger partial charge in [-0.3, -0.25) is 14.8 Å². The molecule has 0 unspecified atom stereocenters. The van der Waals surface area contributed by atoms with E-state index in [9.17, 15) is 9.18 Å². The number of halogens is 1. The largest absolute Gasteiger partial charge is 0.328 e. The van der Waals surface area contributed by atoms with E-state index in [4.69, 9.17) is 0 Å². The lowest BCUT2D eigenvalue weighted by Crippen LogP contribution is -2.23. The zero-order chi connectivity index (χ0) is 18.5. The molecule has 1 aliphatic heterocycles. The molecular formula is C21H20FN3O. The summed E-state index contributed by atoms with van der Waals surface area (Å²) in [6.07, 6.45) is 5.04. The number of hydrogen-bond donors (Lipinski definition) is 0. The highest BCUT2D eigenvalue weighted by molar-refractivity contribution is 5.97. The summed E-state index contributed by atoms with van der Waals surface area (Å²) in [6.45, 7) is 4.65. The van der Waals surface area contributed by atoms with E-state index in [-0.39, 0.29) is 18.3 Å². The minimum Gasteiger partial charge on any atom is -0.328 e. The second-order valence-corrected chi connectivity index (χ2v) is 5.71. The normalized spacial score (nSPS) is 12.4. The van der Waals surface area contributed by atoms with E-state index in [2.05, 4.69) is 9.97 Å². The van der Waals surface area contributed by atoms with E-state index in [1.54, 1.807) is 41.7 Å². The first kappa shape index (κ1) is 17.7. The topological polar surface area (TPSA) is 46.1 Å². The lowest BCUT2D eigenvalue weighted by atomic mass is 10.0. The number of benzene rings is 1. The van der Waals surface area contributed by atoms with Gasteiger partial charge in [0.15, 0.2) is 0 Å². The summed E-state index contributed by atoms with van der Waals surface area (Å²) in [6, 6.07) is 12.2. The van der Waals surface area contributed by atoms with Gasteiger partial charge in [-0.1, -0.05) is 32.0 Å². The van der Waals surface area contributed by atoms with E-state index in [0.717, 1.165) is 16.8 Å². The Bertz CT molecular complexity index is 912. The van der Waals surface area contributed by atoms with Crippen LogP contribution in [0.4, 0.5) is 4.39 Å². The SMILES string of the molecule is CC.O=C1c2cccnc2CN1Cc1ccc(-c2cccnc2)cc1F. The van der Waals surface area contributed by atoms with E-state index < -0.39 is 0 Å². The molecule has 0 atom stereocenters. The van der Waals surface area contributed by atoms with Crippen LogP contribution in [0.3, 0.4) is 0 Å². The van der Waals surface area contributed by atoms with Crippen LogP contribution in [0, 0.1) is 5.82 Å². The first-order chi connectivity index (χ1) is 12.7. The third-order valence-corrected chi connectivity index (χ3v) is 4.16. The Kier molecular flexibility index (Phi) is 5.37. The number of hydrogen-bond acceptors (Lipinski definition) is 3. The summed E-state index contributed by atoms with van der Waals surface area (Å²) >= 11 is 0. The Morgan fingerprint density at radius 2 is 1.88 bits per heavy atom. The summed E-state index contributed by atoms with van der Waals surface area (Å²) in [5, 5.41) is 0. The van der Waals surface area contributed by atoms with Crippen LogP contribution >= 0.6 is 0 Å². The first-order valence-corrected chi connectivity index (χ1v) is 8.64. The van der Waals surface area contributed by atoms with Crippen LogP contribution in [0.15, 0.2) is 61.1 Å². The van der Waals surface area contributed by atoms with Crippen LogP contribution in [0.1, 0.15) is 35.5 Å². The van der Waals surface area contributed by atoms with Crippen LogP contribution in [0.5, 0.6) is 0 Å². The molecule has 3 heterocycles. The highest BCUT2D eigenvalue weighted by atomic mass is 19.1. The van der Waals surface area contributed by atoms with Gasteiger partial charge in [-0.25, -0.2) is 4.39 Å². The fourth-order valence-electron chi connectivity index (χ4n) is 2.90. The minimum atomic E-state index is -0.326. The molecule has 0 fully saturated rings. The molecule has 132 valence electrons. The van der Waals surface area contributed by atoms with Gasteiger partial charge in [-0.05, 0) is 29.8 Å². The van der Waals surface area contributed by atoms with Crippen LogP contribution < -0.4 is 0 Å². The zero-order valence-electron chi connectivity index (χ0n) is 14.8. The van der Waals surface area contributed by atoms with Crippen LogP contribution in [-0.2, 0) is 13.1 Å². The highest BCUT2D eigenvalue weighted by Gasteiger charge is 2.28. The van der Waals surface area contributed by atoms with Gasteiger partial charge in [-0.2, -0.15) is 0 Å². The Hall–Kier alpha value is -3.08. The third-order valence-electron chi connectivity index (χ3n) is 4.16. The van der Waals surface area contributed by atoms with E-state index in [1.165, 1.54) is 6.07 Å². The van der Waals surface area contributed by atoms with Crippen LogP contribution in [0.25, 0.3) is 11.1 Å². The maximum atomic E-state index is 14.5. The van der Waals surface area contributed by atoms with Gasteiger partial charge >= 0.3 is 0 Å². The standard InChI is InChI=1S/C19H14FN3O.C2H6/c20-17-9-13(14-3-1-7-21-10-14)5-6-15(17)11-23-12-18-16(19(23)24)4-2-8-22-18;1-2/h1-10H,11-12H2;1-2H3. The molecule has 0 spiro atoms. The van der Waals surface area contributed by atoms with Crippen LogP contribution in [-0.4, -0.2) is 20.8 Å². The number of pyridine rings is 2. The lowest BCUT2D eigenvalue weighted by Gasteiger charge is -2.16. The van der Waals surface area contributed by atoms with Gasteiger partial charge in [0, 0.05) is 36.3 Å². The quantitative estimate of drug-likeness (QED) is 0.701. The summed E-state index contributed by atoms with van der Waals surface area (Å²) in [7, 11) is 0. The van der Waals surface area contributed by atoms with Gasteiger partial charge < -0.3 is 4.90 Å². The molecule has 3 aromatic rings. The summed E-state index contributed by atoms with van der Waals surface area (Å²) < 4.78 is 14.5. The molecule has 4 nitrogen and oxygen atoms in total.